The highest BCUT2D eigenvalue weighted by molar-refractivity contribution is 7.47. The zero-order valence-electron chi connectivity index (χ0n) is 22.2. The molecule has 21 nitrogen and oxygen atoms in total. The molecule has 0 aromatic carbocycles. The lowest BCUT2D eigenvalue weighted by molar-refractivity contribution is -0.0672. The molecular weight excluding hydrogens is 634 g/mol. The molecular formula is C21H24N8O13P2. The number of aliphatic hydroxyl groups is 1. The summed E-state index contributed by atoms with van der Waals surface area (Å²) in [5, 5.41) is 11.0. The van der Waals surface area contributed by atoms with E-state index < -0.39 is 77.4 Å². The number of aliphatic hydroxyl groups excluding tert-OH is 1. The highest BCUT2D eigenvalue weighted by Gasteiger charge is 2.52. The first-order valence-corrected chi connectivity index (χ1v) is 16.0. The lowest BCUT2D eigenvalue weighted by Gasteiger charge is -2.25. The maximum absolute atomic E-state index is 13.2. The zero-order valence-corrected chi connectivity index (χ0v) is 24.0. The average molecular weight is 658 g/mol. The van der Waals surface area contributed by atoms with Crippen LogP contribution >= 0.6 is 15.6 Å². The molecule has 6 N–H and O–H groups in total. The summed E-state index contributed by atoms with van der Waals surface area (Å²) in [5.41, 5.74) is 4.83. The molecule has 4 aliphatic heterocycles. The maximum Gasteiger partial charge on any atom is 0.472 e. The molecule has 0 aliphatic carbocycles. The lowest BCUT2D eigenvalue weighted by atomic mass is 10.1. The predicted octanol–water partition coefficient (Wildman–Crippen LogP) is -0.549. The highest BCUT2D eigenvalue weighted by atomic mass is 31.2. The highest BCUT2D eigenvalue weighted by Crippen LogP contribution is 2.53. The Morgan fingerprint density at radius 3 is 2.50 bits per heavy atom. The minimum atomic E-state index is -5.02. The van der Waals surface area contributed by atoms with Gasteiger partial charge in [0.2, 0.25) is 5.95 Å². The summed E-state index contributed by atoms with van der Waals surface area (Å²) in [7, 11) is -9.91. The van der Waals surface area contributed by atoms with Gasteiger partial charge in [0.25, 0.3) is 5.56 Å². The Morgan fingerprint density at radius 2 is 1.70 bits per heavy atom. The van der Waals surface area contributed by atoms with E-state index in [0.29, 0.717) is 0 Å². The monoisotopic (exact) mass is 658 g/mol. The van der Waals surface area contributed by atoms with Crippen molar-refractivity contribution in [1.29, 1.82) is 0 Å². The number of hydrogen-bond acceptors (Lipinski definition) is 16. The summed E-state index contributed by atoms with van der Waals surface area (Å²) < 4.78 is 61.5. The minimum Gasteiger partial charge on any atom is -0.387 e. The van der Waals surface area contributed by atoms with Gasteiger partial charge < -0.3 is 30.1 Å². The molecule has 2 bridgehead atoms. The van der Waals surface area contributed by atoms with Crippen LogP contribution in [0.2, 0.25) is 0 Å². The summed E-state index contributed by atoms with van der Waals surface area (Å²) in [4.78, 5) is 64.2. The quantitative estimate of drug-likeness (QED) is 0.216. The Balaban J connectivity index is 1.18. The molecule has 3 unspecified atom stereocenters. The molecule has 7 heterocycles. The van der Waals surface area contributed by atoms with Crippen molar-refractivity contribution in [3.05, 3.63) is 28.7 Å². The van der Waals surface area contributed by atoms with E-state index in [-0.39, 0.29) is 47.2 Å². The summed E-state index contributed by atoms with van der Waals surface area (Å²) in [5.74, 6) is -0.317. The molecule has 0 spiro atoms. The van der Waals surface area contributed by atoms with E-state index in [1.54, 1.807) is 0 Å². The number of rotatable bonds is 2. The van der Waals surface area contributed by atoms with Crippen molar-refractivity contribution in [2.75, 3.05) is 18.9 Å². The van der Waals surface area contributed by atoms with Crippen molar-refractivity contribution >= 4 is 50.6 Å². The zero-order chi connectivity index (χ0) is 31.0. The van der Waals surface area contributed by atoms with Crippen LogP contribution in [-0.2, 0) is 36.7 Å². The van der Waals surface area contributed by atoms with Crippen LogP contribution in [0.25, 0.3) is 11.2 Å². The number of carbonyl (C=O) groups excluding carboxylic acids is 1. The molecule has 23 heteroatoms. The summed E-state index contributed by atoms with van der Waals surface area (Å²) in [6.45, 7) is -1.43. The fourth-order valence-electron chi connectivity index (χ4n) is 5.38. The number of carbonyl (C=O) groups is 1. The molecule has 4 aliphatic rings. The van der Waals surface area contributed by atoms with Crippen LogP contribution in [0.1, 0.15) is 35.8 Å². The van der Waals surface area contributed by atoms with Gasteiger partial charge in [-0.05, 0) is 0 Å². The number of phosphoric ester groups is 2. The number of H-pyrrole nitrogens is 1. The second-order valence-electron chi connectivity index (χ2n) is 10.2. The van der Waals surface area contributed by atoms with Gasteiger partial charge in [0.05, 0.1) is 25.9 Å². The fraction of sp³-hybridized carbons (Fsp3) is 0.524. The molecule has 3 aromatic rings. The van der Waals surface area contributed by atoms with Crippen LogP contribution in [0.4, 0.5) is 11.8 Å². The number of nitrogens with zero attached hydrogens (tertiary/aromatic N) is 6. The van der Waals surface area contributed by atoms with Crippen molar-refractivity contribution in [2.24, 2.45) is 4.99 Å². The van der Waals surface area contributed by atoms with Crippen LogP contribution in [-0.4, -0.2) is 99.7 Å². The first-order valence-electron chi connectivity index (χ1n) is 13.0. The second-order valence-corrected chi connectivity index (χ2v) is 13.0. The number of imidazole rings is 2. The van der Waals surface area contributed by atoms with Crippen molar-refractivity contribution < 1.29 is 56.4 Å². The van der Waals surface area contributed by atoms with E-state index in [4.69, 9.17) is 33.3 Å². The largest absolute Gasteiger partial charge is 0.472 e. The molecule has 9 atom stereocenters. The van der Waals surface area contributed by atoms with Crippen LogP contribution in [0.5, 0.6) is 0 Å². The van der Waals surface area contributed by atoms with E-state index >= 15 is 0 Å². The Morgan fingerprint density at radius 1 is 0.977 bits per heavy atom. The predicted molar refractivity (Wildman–Crippen MR) is 142 cm³/mol. The molecule has 236 valence electrons. The van der Waals surface area contributed by atoms with Gasteiger partial charge in [-0.25, -0.2) is 24.1 Å². The van der Waals surface area contributed by atoms with Gasteiger partial charge in [-0.2, -0.15) is 4.98 Å². The number of aliphatic imine (C=N–C) groups is 1. The van der Waals surface area contributed by atoms with E-state index in [1.165, 1.54) is 17.1 Å². The number of Topliss-reactive ketones (excluding diaryl/α,β-unsaturated/α-hetero) is 1. The average Bonchev–Trinajstić information content (AvgIpc) is 3.72. The van der Waals surface area contributed by atoms with Gasteiger partial charge in [0.15, 0.2) is 34.7 Å². The summed E-state index contributed by atoms with van der Waals surface area (Å²) in [6.07, 6.45) is -5.82. The number of nitrogen functional groups attached to an aromatic ring is 1. The van der Waals surface area contributed by atoms with E-state index in [0.717, 1.165) is 10.9 Å². The first-order chi connectivity index (χ1) is 20.9. The number of fused-ring (bicyclic) bond motifs is 5. The summed E-state index contributed by atoms with van der Waals surface area (Å²) >= 11 is 0. The molecule has 44 heavy (non-hydrogen) atoms. The van der Waals surface area contributed by atoms with Crippen LogP contribution in [0, 0.1) is 0 Å². The third-order valence-electron chi connectivity index (χ3n) is 7.38. The Kier molecular flexibility index (Phi) is 7.18. The molecule has 0 radical (unpaired) electrons. The normalized spacial score (nSPS) is 37.7. The molecule has 3 saturated heterocycles. The molecule has 0 amide bonds. The number of phosphoric acid groups is 2. The van der Waals surface area contributed by atoms with Crippen LogP contribution in [0.3, 0.4) is 0 Å². The van der Waals surface area contributed by atoms with Crippen LogP contribution in [0.15, 0.2) is 22.4 Å². The van der Waals surface area contributed by atoms with E-state index in [1.807, 2.05) is 0 Å². The molecule has 0 saturated carbocycles. The Bertz CT molecular complexity index is 1820. The first kappa shape index (κ1) is 29.5. The van der Waals surface area contributed by atoms with Crippen molar-refractivity contribution in [2.45, 2.75) is 55.8 Å². The fourth-order valence-corrected chi connectivity index (χ4v) is 7.27. The maximum atomic E-state index is 13.2. The second kappa shape index (κ2) is 10.7. The van der Waals surface area contributed by atoms with Crippen molar-refractivity contribution in [3.63, 3.8) is 0 Å². The molecule has 3 fully saturated rings. The number of ketones is 1. The number of hydrogen-bond donors (Lipinski definition) is 5. The molecule has 7 rings (SSSR count). The van der Waals surface area contributed by atoms with Gasteiger partial charge in [-0.15, -0.1) is 0 Å². The van der Waals surface area contributed by atoms with Gasteiger partial charge in [-0.3, -0.25) is 41.8 Å². The number of aromatic nitrogens is 6. The van der Waals surface area contributed by atoms with Crippen LogP contribution < -0.4 is 11.3 Å². The number of aromatic amines is 1. The van der Waals surface area contributed by atoms with Crippen molar-refractivity contribution in [3.8, 4) is 0 Å². The number of nitrogens with two attached hydrogens (primary N) is 1. The van der Waals surface area contributed by atoms with Gasteiger partial charge in [-0.1, -0.05) is 0 Å². The number of ether oxygens (including phenoxy) is 2. The SMILES string of the molecule is Nc1nc2c(ncn2[C@@H]2O[C@@H]3COP(=O)(O)O[C@@H]4C[C@H](n5cnc6c5N=CCC6=O)O[C@@H]4COP(=O)(O)OC2[C@H]3O)c(=O)[nH]1. The number of anilines is 1. The lowest BCUT2D eigenvalue weighted by Crippen LogP contribution is -2.35. The van der Waals surface area contributed by atoms with Gasteiger partial charge >= 0.3 is 15.6 Å². The van der Waals surface area contributed by atoms with Gasteiger partial charge in [0, 0.05) is 19.1 Å². The Hall–Kier alpha value is -3.20. The van der Waals surface area contributed by atoms with Gasteiger partial charge in [0.1, 0.15) is 36.7 Å². The van der Waals surface area contributed by atoms with E-state index in [9.17, 15) is 33.6 Å². The number of nitrogens with one attached hydrogen (secondary N) is 1. The minimum absolute atomic E-state index is 0.0791. The summed E-state index contributed by atoms with van der Waals surface area (Å²) in [6, 6.07) is 0. The smallest absolute Gasteiger partial charge is 0.387 e. The standard InChI is InChI=1S/C21H24N8O13P2/c22-21-26-18-14(19(32)27-21)25-7-29(18)20-16-15(31)11(40-20)5-38-43(33,34)41-9-3-12(39-10(9)4-37-44(35,36)42-16)28-6-24-13-8(30)1-2-23-17(13)28/h2,6-7,9-12,15-16,20,31H,1,3-5H2,(H,33,34)(H,35,36)(H3,22,26,27,32)/t9-,10-,11-,12-,15+,16?,20-/m1/s1. The topological polar surface area (TPSA) is 287 Å². The third kappa shape index (κ3) is 5.25. The van der Waals surface area contributed by atoms with Crippen molar-refractivity contribution in [1.82, 2.24) is 29.1 Å². The molecule has 3 aromatic heterocycles. The Labute approximate surface area is 244 Å². The van der Waals surface area contributed by atoms with E-state index in [2.05, 4.69) is 24.9 Å². The third-order valence-corrected chi connectivity index (χ3v) is 9.38.